The maximum absolute atomic E-state index is 14.2. The van der Waals surface area contributed by atoms with E-state index in [0.717, 1.165) is 51.7 Å². The van der Waals surface area contributed by atoms with Crippen molar-refractivity contribution < 1.29 is 19.5 Å². The molecule has 3 atom stereocenters. The van der Waals surface area contributed by atoms with Gasteiger partial charge in [0.15, 0.2) is 0 Å². The van der Waals surface area contributed by atoms with Gasteiger partial charge < -0.3 is 31.4 Å². The Morgan fingerprint density at radius 1 is 1.04 bits per heavy atom. The van der Waals surface area contributed by atoms with Crippen molar-refractivity contribution in [2.75, 3.05) is 6.54 Å². The minimum absolute atomic E-state index is 0.0755. The lowest BCUT2D eigenvalue weighted by atomic mass is 9.91. The van der Waals surface area contributed by atoms with Crippen molar-refractivity contribution in [3.05, 3.63) is 94.3 Å². The first kappa shape index (κ1) is 31.7. The number of hydrogen-bond donors (Lipinski definition) is 5. The monoisotopic (exact) mass is 610 g/mol. The second-order valence-corrected chi connectivity index (χ2v) is 12.0. The number of carbonyl (C=O) groups excluding carboxylic acids is 3. The highest BCUT2D eigenvalue weighted by Gasteiger charge is 2.37. The topological polar surface area (TPSA) is 153 Å². The summed E-state index contributed by atoms with van der Waals surface area (Å²) in [6, 6.07) is 16.9. The highest BCUT2D eigenvalue weighted by atomic mass is 16.3. The summed E-state index contributed by atoms with van der Waals surface area (Å²) in [7, 11) is 0. The standard InChI is InChI=1S/C35H42N6O4/c1-21-16-26(43)17-22(2)27(21)19-28(36)35(45)41-20-25-11-5-4-10-24(25)18-32(41)34(44)40-31(14-8-9-15-37-23(3)42)33-38-29-12-6-7-13-30(29)39-33/h4-7,10-13,16-17,28,31-32,43H,8-9,14-15,18-20,36H2,1-3H3,(H,37,42)(H,38,39)(H,40,44)/t28-,31-,32-/m0/s1. The molecule has 0 saturated heterocycles. The summed E-state index contributed by atoms with van der Waals surface area (Å²) in [4.78, 5) is 49.2. The number of rotatable bonds is 11. The minimum atomic E-state index is -0.868. The first-order valence-electron chi connectivity index (χ1n) is 15.5. The summed E-state index contributed by atoms with van der Waals surface area (Å²) in [6.45, 7) is 6.10. The number of phenolic OH excluding ortho intramolecular Hbond substituents is 1. The Morgan fingerprint density at radius 2 is 1.73 bits per heavy atom. The molecule has 1 aliphatic rings. The van der Waals surface area contributed by atoms with E-state index in [1.807, 2.05) is 62.4 Å². The van der Waals surface area contributed by atoms with E-state index in [0.29, 0.717) is 31.6 Å². The van der Waals surface area contributed by atoms with Crippen molar-refractivity contribution in [1.29, 1.82) is 0 Å². The van der Waals surface area contributed by atoms with Gasteiger partial charge in [-0.2, -0.15) is 0 Å². The number of amides is 3. The maximum atomic E-state index is 14.2. The average molecular weight is 611 g/mol. The molecular weight excluding hydrogens is 568 g/mol. The summed E-state index contributed by atoms with van der Waals surface area (Å²) in [5.74, 6) is 0.176. The van der Waals surface area contributed by atoms with Gasteiger partial charge in [-0.3, -0.25) is 14.4 Å². The van der Waals surface area contributed by atoms with Crippen LogP contribution in [0, 0.1) is 13.8 Å². The molecule has 0 spiro atoms. The summed E-state index contributed by atoms with van der Waals surface area (Å²) in [5.41, 5.74) is 12.9. The second-order valence-electron chi connectivity index (χ2n) is 12.0. The normalized spacial score (nSPS) is 15.7. The highest BCUT2D eigenvalue weighted by Crippen LogP contribution is 2.28. The number of nitrogens with two attached hydrogens (primary N) is 1. The van der Waals surface area contributed by atoms with E-state index in [1.165, 1.54) is 6.92 Å². The summed E-state index contributed by atoms with van der Waals surface area (Å²) >= 11 is 0. The van der Waals surface area contributed by atoms with Crippen molar-refractivity contribution in [1.82, 2.24) is 25.5 Å². The fourth-order valence-electron chi connectivity index (χ4n) is 6.22. The van der Waals surface area contributed by atoms with Crippen LogP contribution in [0.4, 0.5) is 0 Å². The molecule has 45 heavy (non-hydrogen) atoms. The number of H-pyrrole nitrogens is 1. The fraction of sp³-hybridized carbons (Fsp3) is 0.371. The number of unbranched alkanes of at least 4 members (excludes halogenated alkanes) is 1. The van der Waals surface area contributed by atoms with Gasteiger partial charge in [0.05, 0.1) is 23.1 Å². The predicted octanol–water partition coefficient (Wildman–Crippen LogP) is 3.87. The van der Waals surface area contributed by atoms with Crippen LogP contribution in [0.3, 0.4) is 0 Å². The molecule has 0 unspecified atom stereocenters. The number of aryl methyl sites for hydroxylation is 2. The SMILES string of the molecule is CC(=O)NCCCC[C@H](NC(=O)[C@@H]1Cc2ccccc2CN1C(=O)[C@@H](N)Cc1c(C)cc(O)cc1C)c1nc2ccccc2[nH]1. The van der Waals surface area contributed by atoms with E-state index >= 15 is 0 Å². The molecule has 6 N–H and O–H groups in total. The first-order valence-corrected chi connectivity index (χ1v) is 15.5. The third kappa shape index (κ3) is 7.51. The number of imidazole rings is 1. The molecule has 0 bridgehead atoms. The van der Waals surface area contributed by atoms with Gasteiger partial charge in [0.2, 0.25) is 17.7 Å². The molecule has 10 heteroatoms. The molecule has 4 aromatic rings. The number of nitrogens with one attached hydrogen (secondary N) is 3. The lowest BCUT2D eigenvalue weighted by molar-refractivity contribution is -0.143. The van der Waals surface area contributed by atoms with Crippen LogP contribution in [0.2, 0.25) is 0 Å². The van der Waals surface area contributed by atoms with E-state index in [1.54, 1.807) is 17.0 Å². The third-order valence-electron chi connectivity index (χ3n) is 8.60. The van der Waals surface area contributed by atoms with Crippen molar-refractivity contribution >= 4 is 28.8 Å². The summed E-state index contributed by atoms with van der Waals surface area (Å²) < 4.78 is 0. The average Bonchev–Trinajstić information content (AvgIpc) is 3.45. The number of aromatic nitrogens is 2. The number of phenols is 1. The van der Waals surface area contributed by atoms with E-state index in [2.05, 4.69) is 15.6 Å². The zero-order chi connectivity index (χ0) is 32.1. The number of carbonyl (C=O) groups is 3. The van der Waals surface area contributed by atoms with Gasteiger partial charge in [-0.05, 0) is 91.6 Å². The molecule has 236 valence electrons. The maximum Gasteiger partial charge on any atom is 0.243 e. The molecule has 3 amide bonds. The molecule has 3 aromatic carbocycles. The Kier molecular flexibility index (Phi) is 9.83. The van der Waals surface area contributed by atoms with Crippen molar-refractivity contribution in [2.45, 2.75) is 77.5 Å². The van der Waals surface area contributed by atoms with Crippen LogP contribution in [0.1, 0.15) is 65.9 Å². The van der Waals surface area contributed by atoms with Crippen LogP contribution < -0.4 is 16.4 Å². The van der Waals surface area contributed by atoms with Crippen LogP contribution in [-0.2, 0) is 33.8 Å². The van der Waals surface area contributed by atoms with Crippen LogP contribution in [-0.4, -0.2) is 56.3 Å². The van der Waals surface area contributed by atoms with E-state index < -0.39 is 18.1 Å². The smallest absolute Gasteiger partial charge is 0.243 e. The van der Waals surface area contributed by atoms with Gasteiger partial charge in [0, 0.05) is 26.4 Å². The van der Waals surface area contributed by atoms with Crippen LogP contribution in [0.15, 0.2) is 60.7 Å². The van der Waals surface area contributed by atoms with E-state index in [-0.39, 0.29) is 30.0 Å². The number of nitrogens with zero attached hydrogens (tertiary/aromatic N) is 2. The minimum Gasteiger partial charge on any atom is -0.508 e. The predicted molar refractivity (Wildman–Crippen MR) is 173 cm³/mol. The Hall–Kier alpha value is -4.70. The Morgan fingerprint density at radius 3 is 2.44 bits per heavy atom. The Balaban J connectivity index is 1.39. The Labute approximate surface area is 263 Å². The van der Waals surface area contributed by atoms with Gasteiger partial charge in [0.25, 0.3) is 0 Å². The number of hydrogen-bond acceptors (Lipinski definition) is 6. The number of para-hydroxylation sites is 2. The molecule has 10 nitrogen and oxygen atoms in total. The zero-order valence-electron chi connectivity index (χ0n) is 26.1. The van der Waals surface area contributed by atoms with E-state index in [9.17, 15) is 19.5 Å². The summed E-state index contributed by atoms with van der Waals surface area (Å²) in [5, 5.41) is 16.0. The number of benzene rings is 3. The number of aromatic amines is 1. The zero-order valence-corrected chi connectivity index (χ0v) is 26.1. The number of fused-ring (bicyclic) bond motifs is 2. The number of aromatic hydroxyl groups is 1. The van der Waals surface area contributed by atoms with Gasteiger partial charge in [0.1, 0.15) is 17.6 Å². The largest absolute Gasteiger partial charge is 0.508 e. The second kappa shape index (κ2) is 13.9. The molecule has 2 heterocycles. The van der Waals surface area contributed by atoms with Crippen molar-refractivity contribution in [3.8, 4) is 5.75 Å². The van der Waals surface area contributed by atoms with Crippen LogP contribution in [0.5, 0.6) is 5.75 Å². The van der Waals surface area contributed by atoms with Gasteiger partial charge in [-0.1, -0.05) is 36.4 Å². The lowest BCUT2D eigenvalue weighted by Gasteiger charge is -2.38. The Bertz CT molecular complexity index is 1640. The van der Waals surface area contributed by atoms with Gasteiger partial charge in [-0.25, -0.2) is 4.98 Å². The van der Waals surface area contributed by atoms with Crippen LogP contribution in [0.25, 0.3) is 11.0 Å². The quantitative estimate of drug-likeness (QED) is 0.163. The molecule has 0 saturated carbocycles. The highest BCUT2D eigenvalue weighted by molar-refractivity contribution is 5.91. The van der Waals surface area contributed by atoms with Crippen molar-refractivity contribution in [3.63, 3.8) is 0 Å². The molecule has 5 rings (SSSR count). The lowest BCUT2D eigenvalue weighted by Crippen LogP contribution is -2.57. The fourth-order valence-corrected chi connectivity index (χ4v) is 6.22. The van der Waals surface area contributed by atoms with Gasteiger partial charge >= 0.3 is 0 Å². The summed E-state index contributed by atoms with van der Waals surface area (Å²) in [6.07, 6.45) is 2.75. The first-order chi connectivity index (χ1) is 21.6. The molecule has 0 radical (unpaired) electrons. The van der Waals surface area contributed by atoms with E-state index in [4.69, 9.17) is 10.7 Å². The molecule has 0 aliphatic carbocycles. The van der Waals surface area contributed by atoms with Crippen LogP contribution >= 0.6 is 0 Å². The molecule has 0 fully saturated rings. The van der Waals surface area contributed by atoms with Crippen molar-refractivity contribution in [2.24, 2.45) is 5.73 Å². The third-order valence-corrected chi connectivity index (χ3v) is 8.60. The molecular formula is C35H42N6O4. The molecule has 1 aromatic heterocycles. The van der Waals surface area contributed by atoms with Gasteiger partial charge in [-0.15, -0.1) is 0 Å². The molecule has 1 aliphatic heterocycles.